The fourth-order valence-corrected chi connectivity index (χ4v) is 1.83. The normalized spacial score (nSPS) is 13.9. The predicted octanol–water partition coefficient (Wildman–Crippen LogP) is 1.94. The van der Waals surface area contributed by atoms with E-state index in [9.17, 15) is 4.79 Å². The van der Waals surface area contributed by atoms with Crippen LogP contribution in [0.3, 0.4) is 0 Å². The molecule has 2 rings (SSSR count). The van der Waals surface area contributed by atoms with Gasteiger partial charge in [-0.15, -0.1) is 0 Å². The number of hydrogen-bond donors (Lipinski definition) is 2. The van der Waals surface area contributed by atoms with Crippen LogP contribution >= 0.6 is 0 Å². The van der Waals surface area contributed by atoms with Crippen LogP contribution in [0.15, 0.2) is 41.0 Å². The summed E-state index contributed by atoms with van der Waals surface area (Å²) in [7, 11) is 0. The van der Waals surface area contributed by atoms with E-state index >= 15 is 0 Å². The Morgan fingerprint density at radius 1 is 1.37 bits per heavy atom. The van der Waals surface area contributed by atoms with Gasteiger partial charge in [-0.05, 0) is 23.1 Å². The monoisotopic (exact) mass is 257 g/mol. The van der Waals surface area contributed by atoms with Crippen molar-refractivity contribution in [2.45, 2.75) is 26.3 Å². The van der Waals surface area contributed by atoms with Crippen molar-refractivity contribution in [2.24, 2.45) is 4.99 Å². The van der Waals surface area contributed by atoms with E-state index in [4.69, 9.17) is 0 Å². The zero-order chi connectivity index (χ0) is 13.7. The molecular weight excluding hydrogens is 238 g/mol. The van der Waals surface area contributed by atoms with E-state index in [0.29, 0.717) is 24.7 Å². The standard InChI is InChI=1S/C15H19N3O/c1-11(2)13-5-3-12(4-6-13)9-17-15(19)14-7-8-16-10-18-14/h3-7,10-11H,8-9H2,1-2H3,(H,16,18)(H,17,19). The van der Waals surface area contributed by atoms with Crippen molar-refractivity contribution in [1.82, 2.24) is 10.6 Å². The molecule has 0 bridgehead atoms. The molecule has 1 aromatic rings. The largest absolute Gasteiger partial charge is 0.347 e. The molecule has 1 amide bonds. The molecule has 4 heteroatoms. The van der Waals surface area contributed by atoms with E-state index < -0.39 is 0 Å². The minimum atomic E-state index is -0.0981. The maximum absolute atomic E-state index is 11.8. The maximum Gasteiger partial charge on any atom is 0.267 e. The van der Waals surface area contributed by atoms with Gasteiger partial charge in [-0.3, -0.25) is 9.79 Å². The van der Waals surface area contributed by atoms with Crippen molar-refractivity contribution in [3.05, 3.63) is 47.2 Å². The van der Waals surface area contributed by atoms with Gasteiger partial charge in [0, 0.05) is 6.54 Å². The van der Waals surface area contributed by atoms with Gasteiger partial charge in [0.15, 0.2) is 0 Å². The Labute approximate surface area is 113 Å². The molecule has 0 saturated carbocycles. The van der Waals surface area contributed by atoms with Crippen LogP contribution in [0, 0.1) is 0 Å². The van der Waals surface area contributed by atoms with Gasteiger partial charge in [0.25, 0.3) is 5.91 Å². The van der Waals surface area contributed by atoms with E-state index in [1.807, 2.05) is 0 Å². The van der Waals surface area contributed by atoms with Crippen molar-refractivity contribution < 1.29 is 4.79 Å². The molecule has 0 saturated heterocycles. The lowest BCUT2D eigenvalue weighted by atomic mass is 10.0. The SMILES string of the molecule is CC(C)c1ccc(CNC(=O)C2=CCN=CN2)cc1. The molecule has 4 nitrogen and oxygen atoms in total. The maximum atomic E-state index is 11.8. The third-order valence-electron chi connectivity index (χ3n) is 3.06. The van der Waals surface area contributed by atoms with Gasteiger partial charge in [0.05, 0.1) is 12.9 Å². The molecule has 0 unspecified atom stereocenters. The summed E-state index contributed by atoms with van der Waals surface area (Å²) in [4.78, 5) is 15.8. The summed E-state index contributed by atoms with van der Waals surface area (Å²) >= 11 is 0. The van der Waals surface area contributed by atoms with Gasteiger partial charge in [-0.1, -0.05) is 38.1 Å². The Morgan fingerprint density at radius 3 is 2.68 bits per heavy atom. The van der Waals surface area contributed by atoms with Crippen molar-refractivity contribution in [1.29, 1.82) is 0 Å². The van der Waals surface area contributed by atoms with Gasteiger partial charge in [0.1, 0.15) is 5.70 Å². The summed E-state index contributed by atoms with van der Waals surface area (Å²) in [5.41, 5.74) is 2.97. The smallest absolute Gasteiger partial charge is 0.267 e. The lowest BCUT2D eigenvalue weighted by molar-refractivity contribution is -0.117. The number of carbonyl (C=O) groups excluding carboxylic acids is 1. The first-order valence-corrected chi connectivity index (χ1v) is 6.49. The molecule has 0 radical (unpaired) electrons. The molecule has 100 valence electrons. The quantitative estimate of drug-likeness (QED) is 0.866. The van der Waals surface area contributed by atoms with Crippen LogP contribution in [-0.2, 0) is 11.3 Å². The van der Waals surface area contributed by atoms with Crippen LogP contribution in [0.2, 0.25) is 0 Å². The number of amides is 1. The lowest BCUT2D eigenvalue weighted by Crippen LogP contribution is -2.32. The number of nitrogens with zero attached hydrogens (tertiary/aromatic N) is 1. The third-order valence-corrected chi connectivity index (χ3v) is 3.06. The van der Waals surface area contributed by atoms with Gasteiger partial charge in [-0.25, -0.2) is 0 Å². The average Bonchev–Trinajstić information content (AvgIpc) is 2.46. The first-order chi connectivity index (χ1) is 9.16. The van der Waals surface area contributed by atoms with Gasteiger partial charge >= 0.3 is 0 Å². The molecular formula is C15H19N3O. The second-order valence-electron chi connectivity index (χ2n) is 4.84. The number of carbonyl (C=O) groups is 1. The Morgan fingerprint density at radius 2 is 2.11 bits per heavy atom. The van der Waals surface area contributed by atoms with Crippen molar-refractivity contribution >= 4 is 12.2 Å². The highest BCUT2D eigenvalue weighted by atomic mass is 16.2. The summed E-state index contributed by atoms with van der Waals surface area (Å²) in [5.74, 6) is 0.429. The molecule has 0 atom stereocenters. The second-order valence-corrected chi connectivity index (χ2v) is 4.84. The van der Waals surface area contributed by atoms with Crippen LogP contribution in [0.4, 0.5) is 0 Å². The zero-order valence-electron chi connectivity index (χ0n) is 11.3. The summed E-state index contributed by atoms with van der Waals surface area (Å²) in [5, 5.41) is 5.72. The fraction of sp³-hybridized carbons (Fsp3) is 0.333. The molecule has 1 heterocycles. The summed E-state index contributed by atoms with van der Waals surface area (Å²) in [6.07, 6.45) is 3.32. The second kappa shape index (κ2) is 6.18. The van der Waals surface area contributed by atoms with Crippen LogP contribution in [0.1, 0.15) is 30.9 Å². The van der Waals surface area contributed by atoms with Gasteiger partial charge in [-0.2, -0.15) is 0 Å². The lowest BCUT2D eigenvalue weighted by Gasteiger charge is -2.11. The molecule has 0 aromatic heterocycles. The Hall–Kier alpha value is -2.10. The van der Waals surface area contributed by atoms with E-state index in [1.54, 1.807) is 12.4 Å². The Bertz CT molecular complexity index is 501. The van der Waals surface area contributed by atoms with Gasteiger partial charge in [0.2, 0.25) is 0 Å². The summed E-state index contributed by atoms with van der Waals surface area (Å²) in [6.45, 7) is 5.42. The third kappa shape index (κ3) is 3.68. The molecule has 0 fully saturated rings. The molecule has 1 aliphatic heterocycles. The average molecular weight is 257 g/mol. The van der Waals surface area contributed by atoms with E-state index in [-0.39, 0.29) is 5.91 Å². The predicted molar refractivity (Wildman–Crippen MR) is 77.0 cm³/mol. The minimum absolute atomic E-state index is 0.0981. The van der Waals surface area contributed by atoms with E-state index in [0.717, 1.165) is 5.56 Å². The van der Waals surface area contributed by atoms with Crippen LogP contribution < -0.4 is 10.6 Å². The molecule has 1 aliphatic rings. The fourth-order valence-electron chi connectivity index (χ4n) is 1.83. The van der Waals surface area contributed by atoms with Gasteiger partial charge < -0.3 is 10.6 Å². The zero-order valence-corrected chi connectivity index (χ0v) is 11.3. The number of nitrogens with one attached hydrogen (secondary N) is 2. The highest BCUT2D eigenvalue weighted by molar-refractivity contribution is 5.95. The summed E-state index contributed by atoms with van der Waals surface area (Å²) < 4.78 is 0. The number of aliphatic imine (C=N–C) groups is 1. The summed E-state index contributed by atoms with van der Waals surface area (Å²) in [6, 6.07) is 8.33. The molecule has 2 N–H and O–H groups in total. The molecule has 1 aromatic carbocycles. The van der Waals surface area contributed by atoms with E-state index in [1.165, 1.54) is 5.56 Å². The highest BCUT2D eigenvalue weighted by Crippen LogP contribution is 2.14. The minimum Gasteiger partial charge on any atom is -0.347 e. The number of benzene rings is 1. The molecule has 0 aliphatic carbocycles. The number of rotatable bonds is 4. The van der Waals surface area contributed by atoms with Crippen molar-refractivity contribution in [3.8, 4) is 0 Å². The first-order valence-electron chi connectivity index (χ1n) is 6.49. The molecule has 0 spiro atoms. The first kappa shape index (κ1) is 13.3. The molecule has 19 heavy (non-hydrogen) atoms. The highest BCUT2D eigenvalue weighted by Gasteiger charge is 2.09. The Kier molecular flexibility index (Phi) is 4.34. The number of hydrogen-bond acceptors (Lipinski definition) is 3. The topological polar surface area (TPSA) is 53.5 Å². The van der Waals surface area contributed by atoms with Crippen molar-refractivity contribution in [3.63, 3.8) is 0 Å². The van der Waals surface area contributed by atoms with Crippen molar-refractivity contribution in [2.75, 3.05) is 6.54 Å². The van der Waals surface area contributed by atoms with Crippen LogP contribution in [0.25, 0.3) is 0 Å². The van der Waals surface area contributed by atoms with E-state index in [2.05, 4.69) is 53.7 Å². The van der Waals surface area contributed by atoms with Crippen LogP contribution in [0.5, 0.6) is 0 Å². The Balaban J connectivity index is 1.88. The van der Waals surface area contributed by atoms with Crippen LogP contribution in [-0.4, -0.2) is 18.8 Å².